The molecular formula is C15H19NO4. The number of hydrogen-bond donors (Lipinski definition) is 2. The number of rotatable bonds is 7. The maximum Gasteiger partial charge on any atom is 0.331 e. The number of hydrogen-bond acceptors (Lipinski definition) is 4. The van der Waals surface area contributed by atoms with Crippen LogP contribution >= 0.6 is 0 Å². The van der Waals surface area contributed by atoms with Gasteiger partial charge in [0.15, 0.2) is 6.04 Å². The van der Waals surface area contributed by atoms with Gasteiger partial charge in [0.1, 0.15) is 6.10 Å². The maximum atomic E-state index is 11.8. The minimum atomic E-state index is -1.10. The molecule has 0 spiro atoms. The first-order valence-electron chi connectivity index (χ1n) is 6.82. The van der Waals surface area contributed by atoms with E-state index in [0.717, 1.165) is 18.4 Å². The number of nitrogens with one attached hydrogen (secondary N) is 1. The summed E-state index contributed by atoms with van der Waals surface area (Å²) in [6.07, 6.45) is 1.49. The van der Waals surface area contributed by atoms with Crippen LogP contribution < -0.4 is 5.32 Å². The third kappa shape index (κ3) is 3.17. The van der Waals surface area contributed by atoms with Crippen LogP contribution in [0, 0.1) is 0 Å². The standard InChI is InChI=1S/C15H19NO4/c1-2-20-15(19)13(16-9-17)14(18)12-6-4-3-5-11(12)10-7-8-10/h3-6,9-10,13-14,18H,2,7-8H2,1H3,(H,16,17). The topological polar surface area (TPSA) is 75.6 Å². The first kappa shape index (κ1) is 14.5. The smallest absolute Gasteiger partial charge is 0.331 e. The molecule has 0 radical (unpaired) electrons. The molecule has 20 heavy (non-hydrogen) atoms. The van der Waals surface area contributed by atoms with E-state index in [9.17, 15) is 14.7 Å². The quantitative estimate of drug-likeness (QED) is 0.581. The average Bonchev–Trinajstić information content (AvgIpc) is 3.29. The molecular weight excluding hydrogens is 258 g/mol. The van der Waals surface area contributed by atoms with E-state index in [1.54, 1.807) is 13.0 Å². The van der Waals surface area contributed by atoms with E-state index < -0.39 is 18.1 Å². The van der Waals surface area contributed by atoms with Crippen LogP contribution in [0.5, 0.6) is 0 Å². The fourth-order valence-corrected chi connectivity index (χ4v) is 2.32. The molecule has 1 aliphatic rings. The van der Waals surface area contributed by atoms with Crippen LogP contribution in [0.4, 0.5) is 0 Å². The van der Waals surface area contributed by atoms with Gasteiger partial charge < -0.3 is 15.2 Å². The Balaban J connectivity index is 2.24. The molecule has 5 heteroatoms. The Kier molecular flexibility index (Phi) is 4.74. The summed E-state index contributed by atoms with van der Waals surface area (Å²) in [6.45, 7) is 1.88. The van der Waals surface area contributed by atoms with Gasteiger partial charge in [-0.3, -0.25) is 4.79 Å². The lowest BCUT2D eigenvalue weighted by atomic mass is 9.94. The molecule has 1 amide bonds. The lowest BCUT2D eigenvalue weighted by molar-refractivity contribution is -0.149. The molecule has 1 saturated carbocycles. The third-order valence-corrected chi connectivity index (χ3v) is 3.44. The van der Waals surface area contributed by atoms with Gasteiger partial charge in [0.2, 0.25) is 6.41 Å². The lowest BCUT2D eigenvalue weighted by Gasteiger charge is -2.23. The van der Waals surface area contributed by atoms with Crippen molar-refractivity contribution < 1.29 is 19.4 Å². The Hall–Kier alpha value is -1.88. The highest BCUT2D eigenvalue weighted by molar-refractivity contribution is 5.79. The van der Waals surface area contributed by atoms with Crippen molar-refractivity contribution in [2.45, 2.75) is 37.8 Å². The van der Waals surface area contributed by atoms with Crippen molar-refractivity contribution >= 4 is 12.4 Å². The molecule has 2 atom stereocenters. The fourth-order valence-electron chi connectivity index (χ4n) is 2.32. The van der Waals surface area contributed by atoms with Gasteiger partial charge >= 0.3 is 5.97 Å². The highest BCUT2D eigenvalue weighted by atomic mass is 16.5. The minimum absolute atomic E-state index is 0.201. The van der Waals surface area contributed by atoms with Gasteiger partial charge in [0.25, 0.3) is 0 Å². The number of amides is 1. The Bertz CT molecular complexity index is 485. The predicted octanol–water partition coefficient (Wildman–Crippen LogP) is 1.28. The second kappa shape index (κ2) is 6.52. The van der Waals surface area contributed by atoms with Crippen molar-refractivity contribution in [2.24, 2.45) is 0 Å². The van der Waals surface area contributed by atoms with Crippen molar-refractivity contribution in [3.8, 4) is 0 Å². The summed E-state index contributed by atoms with van der Waals surface area (Å²) in [4.78, 5) is 22.5. The van der Waals surface area contributed by atoms with Gasteiger partial charge in [-0.25, -0.2) is 4.79 Å². The highest BCUT2D eigenvalue weighted by Gasteiger charge is 2.33. The predicted molar refractivity (Wildman–Crippen MR) is 73.0 cm³/mol. The molecule has 108 valence electrons. The average molecular weight is 277 g/mol. The molecule has 0 aliphatic heterocycles. The summed E-state index contributed by atoms with van der Waals surface area (Å²) < 4.78 is 4.89. The van der Waals surface area contributed by atoms with Crippen molar-refractivity contribution in [3.63, 3.8) is 0 Å². The van der Waals surface area contributed by atoms with Crippen LogP contribution in [0.3, 0.4) is 0 Å². The minimum Gasteiger partial charge on any atom is -0.464 e. The van der Waals surface area contributed by atoms with Crippen molar-refractivity contribution in [1.82, 2.24) is 5.32 Å². The van der Waals surface area contributed by atoms with Gasteiger partial charge in [-0.05, 0) is 36.8 Å². The van der Waals surface area contributed by atoms with Crippen LogP contribution in [-0.2, 0) is 14.3 Å². The molecule has 1 aromatic rings. The first-order valence-corrected chi connectivity index (χ1v) is 6.82. The van der Waals surface area contributed by atoms with E-state index in [1.807, 2.05) is 18.2 Å². The number of carbonyl (C=O) groups excluding carboxylic acids is 2. The van der Waals surface area contributed by atoms with E-state index in [0.29, 0.717) is 17.9 Å². The summed E-state index contributed by atoms with van der Waals surface area (Å²) >= 11 is 0. The van der Waals surface area contributed by atoms with Crippen LogP contribution in [-0.4, -0.2) is 30.1 Å². The van der Waals surface area contributed by atoms with E-state index in [2.05, 4.69) is 5.32 Å². The summed E-state index contributed by atoms with van der Waals surface area (Å²) in [7, 11) is 0. The first-order chi connectivity index (χ1) is 9.69. The van der Waals surface area contributed by atoms with E-state index >= 15 is 0 Å². The Morgan fingerprint density at radius 2 is 2.20 bits per heavy atom. The number of carbonyl (C=O) groups is 2. The molecule has 2 N–H and O–H groups in total. The van der Waals surface area contributed by atoms with Gasteiger partial charge in [0, 0.05) is 0 Å². The molecule has 0 heterocycles. The monoisotopic (exact) mass is 277 g/mol. The Morgan fingerprint density at radius 3 is 2.80 bits per heavy atom. The van der Waals surface area contributed by atoms with Crippen LogP contribution in [0.2, 0.25) is 0 Å². The largest absolute Gasteiger partial charge is 0.464 e. The summed E-state index contributed by atoms with van der Waals surface area (Å²) in [6, 6.07) is 6.40. The van der Waals surface area contributed by atoms with Crippen LogP contribution in [0.15, 0.2) is 24.3 Å². The number of esters is 1. The van der Waals surface area contributed by atoms with Gasteiger partial charge in [-0.15, -0.1) is 0 Å². The van der Waals surface area contributed by atoms with E-state index in [1.165, 1.54) is 0 Å². The highest BCUT2D eigenvalue weighted by Crippen LogP contribution is 2.43. The van der Waals surface area contributed by atoms with Crippen molar-refractivity contribution in [3.05, 3.63) is 35.4 Å². The van der Waals surface area contributed by atoms with Crippen LogP contribution in [0.1, 0.15) is 42.9 Å². The zero-order valence-electron chi connectivity index (χ0n) is 11.4. The van der Waals surface area contributed by atoms with Gasteiger partial charge in [0.05, 0.1) is 6.61 Å². The third-order valence-electron chi connectivity index (χ3n) is 3.44. The number of benzene rings is 1. The molecule has 0 bridgehead atoms. The summed E-state index contributed by atoms with van der Waals surface area (Å²) in [5, 5.41) is 12.8. The molecule has 0 saturated heterocycles. The number of ether oxygens (including phenoxy) is 1. The molecule has 5 nitrogen and oxygen atoms in total. The second-order valence-electron chi connectivity index (χ2n) is 4.86. The number of aliphatic hydroxyl groups is 1. The fraction of sp³-hybridized carbons (Fsp3) is 0.467. The Morgan fingerprint density at radius 1 is 1.50 bits per heavy atom. The zero-order chi connectivity index (χ0) is 14.5. The SMILES string of the molecule is CCOC(=O)C(NC=O)C(O)c1ccccc1C1CC1. The van der Waals surface area contributed by atoms with Crippen LogP contribution in [0.25, 0.3) is 0 Å². The Labute approximate surface area is 117 Å². The molecule has 1 aromatic carbocycles. The summed E-state index contributed by atoms with van der Waals surface area (Å²) in [5.41, 5.74) is 1.73. The molecule has 1 aliphatic carbocycles. The lowest BCUT2D eigenvalue weighted by Crippen LogP contribution is -2.42. The number of aliphatic hydroxyl groups excluding tert-OH is 1. The molecule has 1 fully saturated rings. The van der Waals surface area contributed by atoms with E-state index in [4.69, 9.17) is 4.74 Å². The summed E-state index contributed by atoms with van der Waals surface area (Å²) in [5.74, 6) is -0.183. The molecule has 0 aromatic heterocycles. The van der Waals surface area contributed by atoms with E-state index in [-0.39, 0.29) is 6.61 Å². The molecule has 2 unspecified atom stereocenters. The second-order valence-corrected chi connectivity index (χ2v) is 4.86. The van der Waals surface area contributed by atoms with Gasteiger partial charge in [-0.1, -0.05) is 24.3 Å². The molecule has 2 rings (SSSR count). The van der Waals surface area contributed by atoms with Crippen molar-refractivity contribution in [1.29, 1.82) is 0 Å². The van der Waals surface area contributed by atoms with Gasteiger partial charge in [-0.2, -0.15) is 0 Å². The maximum absolute atomic E-state index is 11.8. The normalized spacial score (nSPS) is 17.1. The zero-order valence-corrected chi connectivity index (χ0v) is 11.4. The van der Waals surface area contributed by atoms with Crippen molar-refractivity contribution in [2.75, 3.05) is 6.61 Å².